The summed E-state index contributed by atoms with van der Waals surface area (Å²) in [6, 6.07) is 14.6. The van der Waals surface area contributed by atoms with Crippen molar-refractivity contribution in [3.8, 4) is 11.1 Å². The minimum Gasteiger partial charge on any atom is -0.330 e. The van der Waals surface area contributed by atoms with E-state index in [1.165, 1.54) is 17.8 Å². The standard InChI is InChI=1S/C32H37N7O4.CH4/c1-38-18-27(31(42)39(2)32(38)43)22-7-3-20(4-8-22)15-25(16-28(40)23-9-5-21(17-33)6-10-23)30(41)36-26-13-11-24(12-14-26)29-34-19-35-37-29;/h3-4,7-8,11-14,18,21,23,25H,5-6,9-10,15-17,19,33H2,1-2H3,(H,36,41);1H4/t21?,23?,25-;/m1./s1. The summed E-state index contributed by atoms with van der Waals surface area (Å²) in [5.41, 5.74) is 8.43. The van der Waals surface area contributed by atoms with Crippen molar-refractivity contribution < 1.29 is 9.59 Å². The summed E-state index contributed by atoms with van der Waals surface area (Å²) in [6.07, 6.45) is 5.52. The number of aryl methyl sites for hydroxylation is 1. The minimum absolute atomic E-state index is 0. The summed E-state index contributed by atoms with van der Waals surface area (Å²) >= 11 is 0. The van der Waals surface area contributed by atoms with E-state index in [2.05, 4.69) is 20.5 Å². The van der Waals surface area contributed by atoms with Gasteiger partial charge in [0.2, 0.25) is 5.91 Å². The average molecular weight is 600 g/mol. The normalized spacial score (nSPS) is 18.3. The van der Waals surface area contributed by atoms with E-state index in [0.29, 0.717) is 48.2 Å². The number of aromatic nitrogens is 2. The Morgan fingerprint density at radius 2 is 1.64 bits per heavy atom. The van der Waals surface area contributed by atoms with Gasteiger partial charge in [-0.05, 0) is 80.0 Å². The van der Waals surface area contributed by atoms with Crippen molar-refractivity contribution in [3.63, 3.8) is 0 Å². The number of ketones is 1. The van der Waals surface area contributed by atoms with Crippen LogP contribution in [-0.4, -0.2) is 39.9 Å². The van der Waals surface area contributed by atoms with Gasteiger partial charge in [0.25, 0.3) is 5.56 Å². The van der Waals surface area contributed by atoms with Crippen LogP contribution in [0, 0.1) is 17.8 Å². The van der Waals surface area contributed by atoms with Crippen LogP contribution in [0.3, 0.4) is 0 Å². The van der Waals surface area contributed by atoms with Gasteiger partial charge >= 0.3 is 5.69 Å². The van der Waals surface area contributed by atoms with E-state index in [4.69, 9.17) is 5.73 Å². The number of rotatable bonds is 10. The molecule has 3 N–H and O–H groups in total. The van der Waals surface area contributed by atoms with E-state index in [1.807, 2.05) is 36.4 Å². The Labute approximate surface area is 256 Å². The highest BCUT2D eigenvalue weighted by molar-refractivity contribution is 6.01. The van der Waals surface area contributed by atoms with Crippen LogP contribution >= 0.6 is 0 Å². The SMILES string of the molecule is C.Cn1cc(-c2ccc(C[C@H](CC(=O)C3CCC(CN)CC3)C(=O)Nc3ccc(C4=NCN=N4)cc3)cc2)c(=O)n(C)c1=O. The van der Waals surface area contributed by atoms with Crippen molar-refractivity contribution in [2.24, 2.45) is 52.8 Å². The van der Waals surface area contributed by atoms with Gasteiger partial charge < -0.3 is 15.6 Å². The molecule has 1 fully saturated rings. The van der Waals surface area contributed by atoms with E-state index in [1.54, 1.807) is 19.2 Å². The number of Topliss-reactive ketones (excluding diaryl/α,β-unsaturated/α-hetero) is 1. The number of carbonyl (C=O) groups excluding carboxylic acids is 2. The quantitative estimate of drug-likeness (QED) is 0.360. The van der Waals surface area contributed by atoms with Crippen LogP contribution in [0.25, 0.3) is 11.1 Å². The fourth-order valence-electron chi connectivity index (χ4n) is 5.82. The molecule has 5 rings (SSSR count). The maximum Gasteiger partial charge on any atom is 0.330 e. The lowest BCUT2D eigenvalue weighted by Crippen LogP contribution is -2.37. The molecule has 0 unspecified atom stereocenters. The van der Waals surface area contributed by atoms with Gasteiger partial charge in [0, 0.05) is 49.8 Å². The number of aliphatic imine (C=N–C) groups is 1. The van der Waals surface area contributed by atoms with Crippen molar-refractivity contribution >= 4 is 23.2 Å². The maximum absolute atomic E-state index is 13.6. The molecular formula is C33H41N7O4. The van der Waals surface area contributed by atoms with Crippen LogP contribution in [0.1, 0.15) is 50.7 Å². The molecule has 1 aromatic heterocycles. The number of azo groups is 1. The molecule has 2 aromatic carbocycles. The van der Waals surface area contributed by atoms with Crippen LogP contribution in [-0.2, 0) is 30.1 Å². The highest BCUT2D eigenvalue weighted by atomic mass is 16.2. The third kappa shape index (κ3) is 7.34. The van der Waals surface area contributed by atoms with Gasteiger partial charge in [-0.25, -0.2) is 9.79 Å². The Morgan fingerprint density at radius 1 is 0.977 bits per heavy atom. The lowest BCUT2D eigenvalue weighted by Gasteiger charge is -2.27. The molecule has 0 spiro atoms. The van der Waals surface area contributed by atoms with Crippen molar-refractivity contribution in [2.75, 3.05) is 18.5 Å². The first-order chi connectivity index (χ1) is 20.7. The summed E-state index contributed by atoms with van der Waals surface area (Å²) in [6.45, 7) is 0.961. The van der Waals surface area contributed by atoms with Gasteiger partial charge in [0.15, 0.2) is 12.5 Å². The highest BCUT2D eigenvalue weighted by Crippen LogP contribution is 2.31. The first-order valence-electron chi connectivity index (χ1n) is 14.7. The molecule has 2 heterocycles. The molecule has 1 aliphatic carbocycles. The Kier molecular flexibility index (Phi) is 10.5. The van der Waals surface area contributed by atoms with Crippen LogP contribution in [0.5, 0.6) is 0 Å². The van der Waals surface area contributed by atoms with Crippen molar-refractivity contribution in [2.45, 2.75) is 46.0 Å². The van der Waals surface area contributed by atoms with E-state index in [-0.39, 0.29) is 37.0 Å². The number of hydrogen-bond acceptors (Lipinski definition) is 8. The van der Waals surface area contributed by atoms with E-state index < -0.39 is 11.6 Å². The topological polar surface area (TPSA) is 153 Å². The molecule has 11 heteroatoms. The predicted octanol–water partition coefficient (Wildman–Crippen LogP) is 4.08. The molecule has 0 radical (unpaired) electrons. The second-order valence-electron chi connectivity index (χ2n) is 11.5. The molecule has 1 saturated carbocycles. The van der Waals surface area contributed by atoms with Crippen LogP contribution in [0.4, 0.5) is 5.69 Å². The molecule has 1 amide bonds. The molecule has 11 nitrogen and oxygen atoms in total. The van der Waals surface area contributed by atoms with Crippen LogP contribution in [0.15, 0.2) is 79.5 Å². The minimum atomic E-state index is -0.580. The van der Waals surface area contributed by atoms with Crippen molar-refractivity contribution in [3.05, 3.63) is 86.7 Å². The van der Waals surface area contributed by atoms with Gasteiger partial charge in [0.05, 0.1) is 5.56 Å². The van der Waals surface area contributed by atoms with E-state index in [0.717, 1.165) is 41.4 Å². The summed E-state index contributed by atoms with van der Waals surface area (Å²) in [5.74, 6) is 0.271. The number of amidine groups is 1. The van der Waals surface area contributed by atoms with E-state index >= 15 is 0 Å². The second-order valence-corrected chi connectivity index (χ2v) is 11.5. The fraction of sp³-hybridized carbons (Fsp3) is 0.424. The number of amides is 1. The Balaban J connectivity index is 0.00000442. The molecule has 3 aromatic rings. The predicted molar refractivity (Wildman–Crippen MR) is 172 cm³/mol. The number of carbonyl (C=O) groups is 2. The summed E-state index contributed by atoms with van der Waals surface area (Å²) in [4.78, 5) is 56.0. The number of nitrogens with zero attached hydrogens (tertiary/aromatic N) is 5. The maximum atomic E-state index is 13.6. The first-order valence-corrected chi connectivity index (χ1v) is 14.7. The molecule has 0 saturated heterocycles. The second kappa shape index (κ2) is 14.3. The summed E-state index contributed by atoms with van der Waals surface area (Å²) in [5, 5.41) is 10.9. The average Bonchev–Trinajstić information content (AvgIpc) is 3.57. The molecule has 44 heavy (non-hydrogen) atoms. The Hall–Kier alpha value is -4.51. The van der Waals surface area contributed by atoms with Gasteiger partial charge in [-0.2, -0.15) is 5.11 Å². The number of nitrogens with two attached hydrogens (primary N) is 1. The third-order valence-electron chi connectivity index (χ3n) is 8.51. The molecular weight excluding hydrogens is 558 g/mol. The number of hydrogen-bond donors (Lipinski definition) is 2. The fourth-order valence-corrected chi connectivity index (χ4v) is 5.82. The van der Waals surface area contributed by atoms with Gasteiger partial charge in [0.1, 0.15) is 5.78 Å². The zero-order valence-electron chi connectivity index (χ0n) is 24.5. The van der Waals surface area contributed by atoms with Gasteiger partial charge in [-0.15, -0.1) is 5.11 Å². The number of anilines is 1. The van der Waals surface area contributed by atoms with Crippen LogP contribution in [0.2, 0.25) is 0 Å². The van der Waals surface area contributed by atoms with Crippen molar-refractivity contribution in [1.82, 2.24) is 9.13 Å². The smallest absolute Gasteiger partial charge is 0.330 e. The zero-order chi connectivity index (χ0) is 30.5. The number of benzene rings is 2. The molecule has 2 aliphatic rings. The lowest BCUT2D eigenvalue weighted by atomic mass is 9.77. The first kappa shape index (κ1) is 32.4. The third-order valence-corrected chi connectivity index (χ3v) is 8.51. The largest absolute Gasteiger partial charge is 0.330 e. The molecule has 0 bridgehead atoms. The van der Waals surface area contributed by atoms with Crippen LogP contribution < -0.4 is 22.3 Å². The summed E-state index contributed by atoms with van der Waals surface area (Å²) < 4.78 is 2.45. The van der Waals surface area contributed by atoms with Gasteiger partial charge in [-0.1, -0.05) is 31.7 Å². The zero-order valence-corrected chi connectivity index (χ0v) is 24.5. The summed E-state index contributed by atoms with van der Waals surface area (Å²) in [7, 11) is 3.05. The lowest BCUT2D eigenvalue weighted by molar-refractivity contribution is -0.129. The molecule has 232 valence electrons. The monoisotopic (exact) mass is 599 g/mol. The molecule has 1 aliphatic heterocycles. The molecule has 1 atom stereocenters. The number of nitrogens with one attached hydrogen (secondary N) is 1. The highest BCUT2D eigenvalue weighted by Gasteiger charge is 2.30. The Bertz CT molecular complexity index is 1660. The van der Waals surface area contributed by atoms with E-state index in [9.17, 15) is 19.2 Å². The van der Waals surface area contributed by atoms with Crippen molar-refractivity contribution in [1.29, 1.82) is 0 Å². The Morgan fingerprint density at radius 3 is 2.25 bits per heavy atom. The van der Waals surface area contributed by atoms with Gasteiger partial charge in [-0.3, -0.25) is 19.0 Å².